The number of aryl methyl sites for hydroxylation is 3. The van der Waals surface area contributed by atoms with Crippen LogP contribution in [0.1, 0.15) is 74.8 Å². The number of para-hydroxylation sites is 1. The number of aromatic nitrogens is 3. The zero-order valence-electron chi connectivity index (χ0n) is 24.0. The van der Waals surface area contributed by atoms with Gasteiger partial charge in [-0.25, -0.2) is 0 Å². The van der Waals surface area contributed by atoms with Gasteiger partial charge in [0, 0.05) is 19.3 Å². The molecule has 10 heteroatoms. The fourth-order valence-corrected chi connectivity index (χ4v) is 6.67. The summed E-state index contributed by atoms with van der Waals surface area (Å²) in [6.07, 6.45) is 5.19. The fraction of sp³-hybridized carbons (Fsp3) is 0.500. The van der Waals surface area contributed by atoms with Gasteiger partial charge >= 0.3 is 5.97 Å². The predicted octanol–water partition coefficient (Wildman–Crippen LogP) is 6.36. The molecule has 9 nitrogen and oxygen atoms in total. The molecule has 1 aromatic heterocycles. The van der Waals surface area contributed by atoms with Crippen molar-refractivity contribution in [2.75, 3.05) is 13.2 Å². The van der Waals surface area contributed by atoms with Crippen molar-refractivity contribution in [3.8, 4) is 5.75 Å². The number of esters is 1. The van der Waals surface area contributed by atoms with E-state index < -0.39 is 10.8 Å². The summed E-state index contributed by atoms with van der Waals surface area (Å²) in [6, 6.07) is 13.4. The first-order valence-corrected chi connectivity index (χ1v) is 15.7. The van der Waals surface area contributed by atoms with Crippen LogP contribution in [0.2, 0.25) is 0 Å². The Balaban J connectivity index is 1.60. The molecule has 2 atom stereocenters. The lowest BCUT2D eigenvalue weighted by Crippen LogP contribution is -2.34. The number of rotatable bonds is 12. The average molecular weight is 571 g/mol. The molecule has 0 saturated carbocycles. The van der Waals surface area contributed by atoms with Gasteiger partial charge in [-0.2, -0.15) is 4.31 Å². The van der Waals surface area contributed by atoms with Gasteiger partial charge in [-0.15, -0.1) is 15.9 Å². The minimum Gasteiger partial charge on any atom is -0.487 e. The monoisotopic (exact) mass is 570 g/mol. The van der Waals surface area contributed by atoms with Crippen molar-refractivity contribution in [2.24, 2.45) is 0 Å². The molecule has 0 fully saturated rings. The van der Waals surface area contributed by atoms with Crippen LogP contribution < -0.4 is 4.74 Å². The molecule has 218 valence electrons. The van der Waals surface area contributed by atoms with E-state index in [4.69, 9.17) is 9.47 Å². The average Bonchev–Trinajstić information content (AvgIpc) is 3.35. The van der Waals surface area contributed by atoms with Crippen LogP contribution in [0.25, 0.3) is 0 Å². The zero-order chi connectivity index (χ0) is 28.7. The highest BCUT2D eigenvalue weighted by Crippen LogP contribution is 2.57. The Morgan fingerprint density at radius 1 is 1.20 bits per heavy atom. The minimum absolute atomic E-state index is 0.0772. The molecule has 4 rings (SSSR count). The first kappa shape index (κ1) is 30.0. The Bertz CT molecular complexity index is 1280. The van der Waals surface area contributed by atoms with Crippen LogP contribution in [0.5, 0.6) is 5.75 Å². The Morgan fingerprint density at radius 2 is 2.00 bits per heavy atom. The maximum absolute atomic E-state index is 12.6. The highest BCUT2D eigenvalue weighted by atomic mass is 32.3. The van der Waals surface area contributed by atoms with Crippen molar-refractivity contribution in [3.05, 3.63) is 71.0 Å². The molecule has 1 aliphatic heterocycles. The fourth-order valence-electron chi connectivity index (χ4n) is 5.05. The van der Waals surface area contributed by atoms with E-state index in [0.29, 0.717) is 43.2 Å². The van der Waals surface area contributed by atoms with Gasteiger partial charge in [0.15, 0.2) is 0 Å². The van der Waals surface area contributed by atoms with Crippen molar-refractivity contribution in [1.29, 1.82) is 0 Å². The van der Waals surface area contributed by atoms with Gasteiger partial charge in [0.2, 0.25) is 0 Å². The molecular weight excluding hydrogens is 528 g/mol. The molecule has 0 aliphatic carbocycles. The van der Waals surface area contributed by atoms with Crippen molar-refractivity contribution in [1.82, 2.24) is 19.3 Å². The van der Waals surface area contributed by atoms with Gasteiger partial charge in [0.05, 0.1) is 25.3 Å². The van der Waals surface area contributed by atoms with Gasteiger partial charge < -0.3 is 9.47 Å². The van der Waals surface area contributed by atoms with Gasteiger partial charge in [-0.3, -0.25) is 18.6 Å². The Labute approximate surface area is 239 Å². The molecule has 2 aromatic carbocycles. The summed E-state index contributed by atoms with van der Waals surface area (Å²) < 4.78 is 37.9. The summed E-state index contributed by atoms with van der Waals surface area (Å²) in [4.78, 5) is 13.0. The molecule has 0 spiro atoms. The van der Waals surface area contributed by atoms with Crippen LogP contribution in [0.4, 0.5) is 0 Å². The molecule has 0 bridgehead atoms. The summed E-state index contributed by atoms with van der Waals surface area (Å²) in [5, 5.41) is 8.51. The highest BCUT2D eigenvalue weighted by molar-refractivity contribution is 8.22. The lowest BCUT2D eigenvalue weighted by molar-refractivity contribution is -0.143. The summed E-state index contributed by atoms with van der Waals surface area (Å²) >= 11 is 0. The van der Waals surface area contributed by atoms with Gasteiger partial charge in [-0.05, 0) is 74.3 Å². The third-order valence-corrected chi connectivity index (χ3v) is 9.28. The number of hydrogen-bond donors (Lipinski definition) is 2. The van der Waals surface area contributed by atoms with Gasteiger partial charge in [-0.1, -0.05) is 49.4 Å². The first-order valence-electron chi connectivity index (χ1n) is 14.2. The third kappa shape index (κ3) is 7.23. The van der Waals surface area contributed by atoms with Crippen molar-refractivity contribution >= 4 is 16.7 Å². The first-order chi connectivity index (χ1) is 19.2. The van der Waals surface area contributed by atoms with E-state index in [1.54, 1.807) is 22.5 Å². The van der Waals surface area contributed by atoms with E-state index in [2.05, 4.69) is 29.4 Å². The highest BCUT2D eigenvalue weighted by Gasteiger charge is 2.35. The molecule has 2 unspecified atom stereocenters. The second-order valence-corrected chi connectivity index (χ2v) is 12.3. The summed E-state index contributed by atoms with van der Waals surface area (Å²) in [7, 11) is -3.27. The SMILES string of the molecule is CCCn1cc(CCC(CC(=O)OCC)c2ccc(C)c(CN3CC(CC)Oc4ccccc4S3(O)O)c2)nn1. The quantitative estimate of drug-likeness (QED) is 0.242. The largest absolute Gasteiger partial charge is 0.487 e. The lowest BCUT2D eigenvalue weighted by Gasteiger charge is -2.42. The van der Waals surface area contributed by atoms with Crippen molar-refractivity contribution < 1.29 is 23.4 Å². The topological polar surface area (TPSA) is 110 Å². The lowest BCUT2D eigenvalue weighted by atomic mass is 9.88. The van der Waals surface area contributed by atoms with E-state index in [0.717, 1.165) is 41.8 Å². The summed E-state index contributed by atoms with van der Waals surface area (Å²) in [5.41, 5.74) is 3.94. The second kappa shape index (κ2) is 13.6. The maximum Gasteiger partial charge on any atom is 0.306 e. The van der Waals surface area contributed by atoms with E-state index in [9.17, 15) is 13.9 Å². The van der Waals surface area contributed by atoms with E-state index in [1.165, 1.54) is 0 Å². The van der Waals surface area contributed by atoms with Crippen LogP contribution in [0.15, 0.2) is 53.6 Å². The molecular formula is C30H42N4O5S. The Kier molecular flexibility index (Phi) is 10.2. The summed E-state index contributed by atoms with van der Waals surface area (Å²) in [6.45, 7) is 9.87. The van der Waals surface area contributed by atoms with E-state index >= 15 is 0 Å². The Hall–Kier alpha value is -2.92. The number of carbonyl (C=O) groups is 1. The molecule has 1 aliphatic rings. The van der Waals surface area contributed by atoms with Crippen LogP contribution >= 0.6 is 10.8 Å². The van der Waals surface area contributed by atoms with Crippen LogP contribution in [-0.2, 0) is 29.0 Å². The zero-order valence-corrected chi connectivity index (χ0v) is 24.8. The number of benzene rings is 2. The van der Waals surface area contributed by atoms with Crippen molar-refractivity contribution in [2.45, 2.75) is 89.8 Å². The molecule has 2 heterocycles. The van der Waals surface area contributed by atoms with E-state index in [1.807, 2.05) is 43.8 Å². The number of ether oxygens (including phenoxy) is 2. The standard InChI is InChI=1S/C30H42N4O5S/c1-5-16-33-20-26(31-32-33)15-14-24(18-30(35)38-7-3)23-13-12-22(4)25(17-23)19-34-21-27(6-2)39-28-10-8-9-11-29(28)40(34,36)37/h8-13,17,20,24,27,36-37H,5-7,14-16,18-19,21H2,1-4H3. The second-order valence-electron chi connectivity index (χ2n) is 10.3. The van der Waals surface area contributed by atoms with Gasteiger partial charge in [0.1, 0.15) is 16.7 Å². The van der Waals surface area contributed by atoms with Gasteiger partial charge in [0.25, 0.3) is 0 Å². The van der Waals surface area contributed by atoms with Crippen LogP contribution in [0.3, 0.4) is 0 Å². The smallest absolute Gasteiger partial charge is 0.306 e. The molecule has 2 N–H and O–H groups in total. The molecule has 0 amide bonds. The molecule has 0 radical (unpaired) electrons. The van der Waals surface area contributed by atoms with Crippen LogP contribution in [0, 0.1) is 6.92 Å². The maximum atomic E-state index is 12.6. The predicted molar refractivity (Wildman–Crippen MR) is 156 cm³/mol. The Morgan fingerprint density at radius 3 is 2.75 bits per heavy atom. The minimum atomic E-state index is -3.27. The third-order valence-electron chi connectivity index (χ3n) is 7.36. The van der Waals surface area contributed by atoms with Crippen LogP contribution in [-0.4, -0.2) is 53.6 Å². The number of nitrogens with zero attached hydrogens (tertiary/aromatic N) is 4. The normalized spacial score (nSPS) is 18.3. The number of fused-ring (bicyclic) bond motifs is 1. The molecule has 3 aromatic rings. The van der Waals surface area contributed by atoms with E-state index in [-0.39, 0.29) is 24.4 Å². The van der Waals surface area contributed by atoms with Crippen molar-refractivity contribution in [3.63, 3.8) is 0 Å². The number of hydrogen-bond acceptors (Lipinski definition) is 8. The molecule has 0 saturated heterocycles. The molecule has 40 heavy (non-hydrogen) atoms. The number of carbonyl (C=O) groups excluding carboxylic acids is 1. The summed E-state index contributed by atoms with van der Waals surface area (Å²) in [5.74, 6) is 0.213.